The summed E-state index contributed by atoms with van der Waals surface area (Å²) >= 11 is 1.50. The number of methoxy groups -OCH3 is 3. The van der Waals surface area contributed by atoms with Crippen LogP contribution in [0.25, 0.3) is 11.5 Å². The Morgan fingerprint density at radius 1 is 0.867 bits per heavy atom. The number of aromatic nitrogens is 2. The molecule has 3 aromatic rings. The molecular formula is C22H26N2O5S. The van der Waals surface area contributed by atoms with Gasteiger partial charge in [0.15, 0.2) is 11.5 Å². The summed E-state index contributed by atoms with van der Waals surface area (Å²) in [5, 5.41) is 8.76. The molecule has 0 bridgehead atoms. The molecule has 160 valence electrons. The predicted octanol–water partition coefficient (Wildman–Crippen LogP) is 4.94. The van der Waals surface area contributed by atoms with Gasteiger partial charge in [-0.25, -0.2) is 0 Å². The lowest BCUT2D eigenvalue weighted by molar-refractivity contribution is 0.318. The third kappa shape index (κ3) is 5.38. The molecule has 0 saturated carbocycles. The van der Waals surface area contributed by atoms with Crippen LogP contribution < -0.4 is 18.9 Å². The van der Waals surface area contributed by atoms with Crippen LogP contribution in [0.15, 0.2) is 40.0 Å². The second kappa shape index (κ2) is 10.2. The van der Waals surface area contributed by atoms with Crippen molar-refractivity contribution in [3.63, 3.8) is 0 Å². The minimum Gasteiger partial charge on any atom is -0.494 e. The highest BCUT2D eigenvalue weighted by Crippen LogP contribution is 2.41. The van der Waals surface area contributed by atoms with Gasteiger partial charge in [-0.3, -0.25) is 0 Å². The lowest BCUT2D eigenvalue weighted by atomic mass is 10.1. The van der Waals surface area contributed by atoms with E-state index in [2.05, 4.69) is 30.1 Å². The van der Waals surface area contributed by atoms with Gasteiger partial charge in [0.1, 0.15) is 5.75 Å². The molecule has 0 radical (unpaired) electrons. The molecule has 1 heterocycles. The molecule has 7 nitrogen and oxygen atoms in total. The molecule has 0 aliphatic carbocycles. The largest absolute Gasteiger partial charge is 0.494 e. The van der Waals surface area contributed by atoms with Crippen molar-refractivity contribution in [2.24, 2.45) is 0 Å². The molecule has 0 unspecified atom stereocenters. The highest BCUT2D eigenvalue weighted by Gasteiger charge is 2.17. The maximum atomic E-state index is 5.83. The summed E-state index contributed by atoms with van der Waals surface area (Å²) in [7, 11) is 4.69. The van der Waals surface area contributed by atoms with Crippen molar-refractivity contribution in [2.75, 3.05) is 33.7 Å². The number of benzene rings is 2. The lowest BCUT2D eigenvalue weighted by Gasteiger charge is -2.12. The third-order valence-corrected chi connectivity index (χ3v) is 5.20. The molecule has 0 spiro atoms. The molecule has 0 fully saturated rings. The summed E-state index contributed by atoms with van der Waals surface area (Å²) in [4.78, 5) is 0. The van der Waals surface area contributed by atoms with Gasteiger partial charge in [-0.2, -0.15) is 0 Å². The average Bonchev–Trinajstić information content (AvgIpc) is 3.20. The van der Waals surface area contributed by atoms with Gasteiger partial charge in [-0.15, -0.1) is 10.2 Å². The smallest absolute Gasteiger partial charge is 0.276 e. The van der Waals surface area contributed by atoms with Crippen molar-refractivity contribution < 1.29 is 23.4 Å². The standard InChI is InChI=1S/C22H26N2O5S/c1-14-9-15(2)11-17(10-14)28-7-6-8-30-22-24-23-21(29-22)16-12-18(25-3)20(27-5)19(13-16)26-4/h9-13H,6-8H2,1-5H3. The molecule has 8 heteroatoms. The van der Waals surface area contributed by atoms with Gasteiger partial charge in [0.25, 0.3) is 5.22 Å². The van der Waals surface area contributed by atoms with Crippen LogP contribution in [0, 0.1) is 13.8 Å². The molecule has 0 saturated heterocycles. The first-order valence-corrected chi connectivity index (χ1v) is 10.5. The summed E-state index contributed by atoms with van der Waals surface area (Å²) in [6, 6.07) is 9.77. The summed E-state index contributed by atoms with van der Waals surface area (Å²) in [6.45, 7) is 4.76. The molecule has 0 aliphatic heterocycles. The first kappa shape index (κ1) is 21.8. The number of rotatable bonds is 10. The van der Waals surface area contributed by atoms with Crippen molar-refractivity contribution >= 4 is 11.8 Å². The maximum Gasteiger partial charge on any atom is 0.276 e. The normalized spacial score (nSPS) is 10.7. The van der Waals surface area contributed by atoms with E-state index >= 15 is 0 Å². The zero-order valence-electron chi connectivity index (χ0n) is 17.9. The van der Waals surface area contributed by atoms with E-state index in [1.165, 1.54) is 22.9 Å². The van der Waals surface area contributed by atoms with E-state index < -0.39 is 0 Å². The Kier molecular flexibility index (Phi) is 7.46. The van der Waals surface area contributed by atoms with Crippen LogP contribution in [0.1, 0.15) is 17.5 Å². The van der Waals surface area contributed by atoms with E-state index in [0.29, 0.717) is 40.5 Å². The molecule has 2 aromatic carbocycles. The first-order valence-electron chi connectivity index (χ1n) is 9.51. The van der Waals surface area contributed by atoms with Crippen molar-refractivity contribution in [3.8, 4) is 34.5 Å². The Hall–Kier alpha value is -2.87. The molecule has 1 aromatic heterocycles. The summed E-state index contributed by atoms with van der Waals surface area (Å²) in [6.07, 6.45) is 0.861. The Bertz CT molecular complexity index is 944. The van der Waals surface area contributed by atoms with E-state index in [-0.39, 0.29) is 0 Å². The number of hydrogen-bond donors (Lipinski definition) is 0. The fraction of sp³-hybridized carbons (Fsp3) is 0.364. The van der Waals surface area contributed by atoms with Crippen LogP contribution in [-0.4, -0.2) is 43.9 Å². The van der Waals surface area contributed by atoms with Crippen molar-refractivity contribution in [3.05, 3.63) is 41.5 Å². The molecule has 0 N–H and O–H groups in total. The van der Waals surface area contributed by atoms with Gasteiger partial charge in [0, 0.05) is 11.3 Å². The van der Waals surface area contributed by atoms with Crippen LogP contribution in [0.4, 0.5) is 0 Å². The van der Waals surface area contributed by atoms with Gasteiger partial charge in [0.2, 0.25) is 11.6 Å². The Morgan fingerprint density at radius 2 is 1.53 bits per heavy atom. The maximum absolute atomic E-state index is 5.83. The highest BCUT2D eigenvalue weighted by atomic mass is 32.2. The van der Waals surface area contributed by atoms with Gasteiger partial charge in [-0.1, -0.05) is 17.8 Å². The number of ether oxygens (including phenoxy) is 4. The molecule has 30 heavy (non-hydrogen) atoms. The van der Waals surface area contributed by atoms with Crippen molar-refractivity contribution in [1.82, 2.24) is 10.2 Å². The predicted molar refractivity (Wildman–Crippen MR) is 116 cm³/mol. The fourth-order valence-electron chi connectivity index (χ4n) is 3.01. The fourth-order valence-corrected chi connectivity index (χ4v) is 3.69. The van der Waals surface area contributed by atoms with Gasteiger partial charge in [-0.05, 0) is 55.7 Å². The van der Waals surface area contributed by atoms with Crippen LogP contribution in [0.2, 0.25) is 0 Å². The number of nitrogens with zero attached hydrogens (tertiary/aromatic N) is 2. The quantitative estimate of drug-likeness (QED) is 0.331. The third-order valence-electron chi connectivity index (χ3n) is 4.30. The second-order valence-corrected chi connectivity index (χ2v) is 7.71. The number of hydrogen-bond acceptors (Lipinski definition) is 8. The second-order valence-electron chi connectivity index (χ2n) is 6.66. The Balaban J connectivity index is 1.56. The molecule has 0 aliphatic rings. The van der Waals surface area contributed by atoms with E-state index in [1.54, 1.807) is 33.5 Å². The molecular weight excluding hydrogens is 404 g/mol. The van der Waals surface area contributed by atoms with Crippen LogP contribution in [0.5, 0.6) is 23.0 Å². The molecule has 0 amide bonds. The average molecular weight is 431 g/mol. The lowest BCUT2D eigenvalue weighted by Crippen LogP contribution is -1.99. The first-order chi connectivity index (χ1) is 14.5. The summed E-state index contributed by atoms with van der Waals surface area (Å²) in [5.41, 5.74) is 3.09. The van der Waals surface area contributed by atoms with E-state index in [1.807, 2.05) is 12.1 Å². The van der Waals surface area contributed by atoms with E-state index in [0.717, 1.165) is 17.9 Å². The topological polar surface area (TPSA) is 75.8 Å². The Labute approximate surface area is 180 Å². The van der Waals surface area contributed by atoms with Crippen LogP contribution in [-0.2, 0) is 0 Å². The van der Waals surface area contributed by atoms with Gasteiger partial charge >= 0.3 is 0 Å². The zero-order chi connectivity index (χ0) is 21.5. The highest BCUT2D eigenvalue weighted by molar-refractivity contribution is 7.99. The Morgan fingerprint density at radius 3 is 2.13 bits per heavy atom. The van der Waals surface area contributed by atoms with Crippen molar-refractivity contribution in [1.29, 1.82) is 0 Å². The SMILES string of the molecule is COc1cc(-c2nnc(SCCCOc3cc(C)cc(C)c3)o2)cc(OC)c1OC. The van der Waals surface area contributed by atoms with E-state index in [4.69, 9.17) is 23.4 Å². The van der Waals surface area contributed by atoms with Crippen LogP contribution >= 0.6 is 11.8 Å². The molecule has 0 atom stereocenters. The molecule has 3 rings (SSSR count). The monoisotopic (exact) mass is 430 g/mol. The summed E-state index contributed by atoms with van der Waals surface area (Å²) < 4.78 is 27.7. The number of thioether (sulfide) groups is 1. The van der Waals surface area contributed by atoms with Gasteiger partial charge < -0.3 is 23.4 Å². The number of aryl methyl sites for hydroxylation is 2. The minimum absolute atomic E-state index is 0.392. The minimum atomic E-state index is 0.392. The van der Waals surface area contributed by atoms with Gasteiger partial charge in [0.05, 0.1) is 27.9 Å². The zero-order valence-corrected chi connectivity index (χ0v) is 18.7. The van der Waals surface area contributed by atoms with Crippen molar-refractivity contribution in [2.45, 2.75) is 25.5 Å². The van der Waals surface area contributed by atoms with E-state index in [9.17, 15) is 0 Å². The summed E-state index contributed by atoms with van der Waals surface area (Å²) in [5.74, 6) is 3.68. The van der Waals surface area contributed by atoms with Crippen LogP contribution in [0.3, 0.4) is 0 Å².